The molecule has 0 spiro atoms. The van der Waals surface area contributed by atoms with Gasteiger partial charge in [-0.15, -0.1) is 11.3 Å². The highest BCUT2D eigenvalue weighted by Crippen LogP contribution is 2.41. The third kappa shape index (κ3) is 3.30. The Morgan fingerprint density at radius 1 is 1.21 bits per heavy atom. The number of anilines is 1. The van der Waals surface area contributed by atoms with Gasteiger partial charge in [-0.25, -0.2) is 4.98 Å². The van der Waals surface area contributed by atoms with Crippen LogP contribution in [0.1, 0.15) is 17.5 Å². The Bertz CT molecular complexity index is 1270. The van der Waals surface area contributed by atoms with Crippen molar-refractivity contribution in [2.75, 3.05) is 5.73 Å². The van der Waals surface area contributed by atoms with Crippen molar-refractivity contribution in [2.45, 2.75) is 19.6 Å². The lowest BCUT2D eigenvalue weighted by Crippen LogP contribution is -2.09. The lowest BCUT2D eigenvalue weighted by molar-refractivity contribution is -0.141. The van der Waals surface area contributed by atoms with Crippen molar-refractivity contribution >= 4 is 27.2 Å². The van der Waals surface area contributed by atoms with Crippen LogP contribution < -0.4 is 5.73 Å². The molecule has 0 saturated heterocycles. The molecule has 0 atom stereocenters. The molecule has 0 radical (unpaired) electrons. The molecule has 0 aromatic carbocycles. The van der Waals surface area contributed by atoms with Crippen LogP contribution in [0.4, 0.5) is 19.0 Å². The number of aromatic nitrogens is 4. The first kappa shape index (κ1) is 18.9. The zero-order valence-electron chi connectivity index (χ0n) is 15.0. The Morgan fingerprint density at radius 3 is 2.69 bits per heavy atom. The molecule has 29 heavy (non-hydrogen) atoms. The number of fused-ring (bicyclic) bond motifs is 1. The van der Waals surface area contributed by atoms with Crippen molar-refractivity contribution < 1.29 is 13.2 Å². The third-order valence-electron chi connectivity index (χ3n) is 4.37. The van der Waals surface area contributed by atoms with E-state index in [0.29, 0.717) is 21.4 Å². The molecule has 2 N–H and O–H groups in total. The molecule has 4 aromatic rings. The van der Waals surface area contributed by atoms with Crippen LogP contribution in [0.3, 0.4) is 0 Å². The van der Waals surface area contributed by atoms with Gasteiger partial charge in [-0.05, 0) is 25.1 Å². The SMILES string of the molecule is CCn1cc(-c2nc(N)ccc2-c2cncc3sc(C#N)cc23)c(C(F)(F)F)n1. The normalized spacial score (nSPS) is 11.7. The van der Waals surface area contributed by atoms with E-state index in [1.54, 1.807) is 31.5 Å². The maximum absolute atomic E-state index is 13.6. The summed E-state index contributed by atoms with van der Waals surface area (Å²) in [6.45, 7) is 1.97. The Morgan fingerprint density at radius 2 is 2.00 bits per heavy atom. The molecule has 0 amide bonds. The summed E-state index contributed by atoms with van der Waals surface area (Å²) < 4.78 is 42.9. The summed E-state index contributed by atoms with van der Waals surface area (Å²) >= 11 is 1.26. The maximum Gasteiger partial charge on any atom is 0.435 e. The molecule has 0 fully saturated rings. The number of halogens is 3. The van der Waals surface area contributed by atoms with Crippen LogP contribution in [0.25, 0.3) is 32.5 Å². The van der Waals surface area contributed by atoms with Gasteiger partial charge in [0.15, 0.2) is 5.69 Å². The highest BCUT2D eigenvalue weighted by atomic mass is 32.1. The summed E-state index contributed by atoms with van der Waals surface area (Å²) in [5.74, 6) is 0.0873. The van der Waals surface area contributed by atoms with Gasteiger partial charge in [0.1, 0.15) is 16.8 Å². The molecule has 146 valence electrons. The number of aryl methyl sites for hydroxylation is 1. The summed E-state index contributed by atoms with van der Waals surface area (Å²) in [6, 6.07) is 6.91. The first-order chi connectivity index (χ1) is 13.8. The molecule has 4 heterocycles. The Kier molecular flexibility index (Phi) is 4.47. The number of hydrogen-bond acceptors (Lipinski definition) is 6. The second-order valence-electron chi connectivity index (χ2n) is 6.20. The summed E-state index contributed by atoms with van der Waals surface area (Å²) in [4.78, 5) is 8.88. The minimum absolute atomic E-state index is 0.0658. The maximum atomic E-state index is 13.6. The summed E-state index contributed by atoms with van der Waals surface area (Å²) in [5, 5.41) is 13.6. The average Bonchev–Trinajstić information content (AvgIpc) is 3.31. The van der Waals surface area contributed by atoms with E-state index in [1.165, 1.54) is 28.3 Å². The molecule has 0 aliphatic rings. The van der Waals surface area contributed by atoms with Gasteiger partial charge in [-0.1, -0.05) is 0 Å². The van der Waals surface area contributed by atoms with Gasteiger partial charge in [0.05, 0.1) is 16.0 Å². The third-order valence-corrected chi connectivity index (χ3v) is 5.35. The van der Waals surface area contributed by atoms with Crippen molar-refractivity contribution in [1.82, 2.24) is 19.7 Å². The monoisotopic (exact) mass is 414 g/mol. The van der Waals surface area contributed by atoms with E-state index in [9.17, 15) is 18.4 Å². The summed E-state index contributed by atoms with van der Waals surface area (Å²) in [6.07, 6.45) is -0.175. The molecular weight excluding hydrogens is 401 g/mol. The van der Waals surface area contributed by atoms with Crippen LogP contribution in [0, 0.1) is 11.3 Å². The van der Waals surface area contributed by atoms with Crippen molar-refractivity contribution in [3.8, 4) is 28.5 Å². The fourth-order valence-corrected chi connectivity index (χ4v) is 3.94. The molecular formula is C19H13F3N6S. The fourth-order valence-electron chi connectivity index (χ4n) is 3.09. The quantitative estimate of drug-likeness (QED) is 0.524. The lowest BCUT2D eigenvalue weighted by Gasteiger charge is -2.12. The van der Waals surface area contributed by atoms with Crippen molar-refractivity contribution in [1.29, 1.82) is 5.26 Å². The number of nitrogens with two attached hydrogens (primary N) is 1. The standard InChI is InChI=1S/C19H13F3N6S/c1-2-28-9-14(18(27-28)19(20,21)22)17-11(3-4-16(24)26-17)13-7-25-8-15-12(13)5-10(6-23)29-15/h3-5,7-9H,2H2,1H3,(H2,24,26). The Hall–Kier alpha value is -3.45. The number of nitriles is 1. The largest absolute Gasteiger partial charge is 0.435 e. The van der Waals surface area contributed by atoms with E-state index in [1.807, 2.05) is 0 Å². The Balaban J connectivity index is 2.03. The molecule has 4 rings (SSSR count). The second kappa shape index (κ2) is 6.86. The minimum atomic E-state index is -4.65. The molecule has 0 saturated carbocycles. The molecule has 6 nitrogen and oxygen atoms in total. The predicted molar refractivity (Wildman–Crippen MR) is 104 cm³/mol. The Labute approximate surface area is 167 Å². The zero-order valence-corrected chi connectivity index (χ0v) is 15.8. The average molecular weight is 414 g/mol. The molecule has 4 aromatic heterocycles. The first-order valence-electron chi connectivity index (χ1n) is 8.51. The molecule has 0 unspecified atom stereocenters. The van der Waals surface area contributed by atoms with Crippen LogP contribution >= 0.6 is 11.3 Å². The van der Waals surface area contributed by atoms with Gasteiger partial charge in [-0.2, -0.15) is 23.5 Å². The molecule has 10 heteroatoms. The first-order valence-corrected chi connectivity index (χ1v) is 9.33. The van der Waals surface area contributed by atoms with Crippen molar-refractivity contribution in [2.24, 2.45) is 0 Å². The highest BCUT2D eigenvalue weighted by molar-refractivity contribution is 7.19. The topological polar surface area (TPSA) is 93.4 Å². The number of nitrogen functional groups attached to an aromatic ring is 1. The van der Waals surface area contributed by atoms with Crippen LogP contribution in [-0.4, -0.2) is 19.7 Å². The van der Waals surface area contributed by atoms with E-state index < -0.39 is 11.9 Å². The lowest BCUT2D eigenvalue weighted by atomic mass is 9.98. The van der Waals surface area contributed by atoms with E-state index in [2.05, 4.69) is 21.1 Å². The van der Waals surface area contributed by atoms with Gasteiger partial charge in [0.25, 0.3) is 0 Å². The number of rotatable bonds is 3. The van der Waals surface area contributed by atoms with Crippen LogP contribution in [0.15, 0.2) is 36.8 Å². The van der Waals surface area contributed by atoms with Crippen molar-refractivity contribution in [3.05, 3.63) is 47.4 Å². The van der Waals surface area contributed by atoms with Crippen molar-refractivity contribution in [3.63, 3.8) is 0 Å². The van der Waals surface area contributed by atoms with Crippen LogP contribution in [-0.2, 0) is 12.7 Å². The van der Waals surface area contributed by atoms with Gasteiger partial charge < -0.3 is 5.73 Å². The number of nitrogens with zero attached hydrogens (tertiary/aromatic N) is 5. The predicted octanol–water partition coefficient (Wildman–Crippen LogP) is 4.71. The number of hydrogen-bond donors (Lipinski definition) is 1. The van der Waals surface area contributed by atoms with Gasteiger partial charge in [-0.3, -0.25) is 9.67 Å². The van der Waals surface area contributed by atoms with Gasteiger partial charge >= 0.3 is 6.18 Å². The van der Waals surface area contributed by atoms with E-state index in [0.717, 1.165) is 4.70 Å². The van der Waals surface area contributed by atoms with Gasteiger partial charge in [0, 0.05) is 41.6 Å². The second-order valence-corrected chi connectivity index (χ2v) is 7.28. The zero-order chi connectivity index (χ0) is 20.8. The van der Waals surface area contributed by atoms with E-state index in [-0.39, 0.29) is 23.6 Å². The van der Waals surface area contributed by atoms with Crippen LogP contribution in [0.5, 0.6) is 0 Å². The van der Waals surface area contributed by atoms with E-state index >= 15 is 0 Å². The fraction of sp³-hybridized carbons (Fsp3) is 0.158. The van der Waals surface area contributed by atoms with Crippen LogP contribution in [0.2, 0.25) is 0 Å². The summed E-state index contributed by atoms with van der Waals surface area (Å²) in [7, 11) is 0. The molecule has 0 bridgehead atoms. The number of pyridine rings is 2. The smallest absolute Gasteiger partial charge is 0.384 e. The number of alkyl halides is 3. The molecule has 0 aliphatic heterocycles. The highest BCUT2D eigenvalue weighted by Gasteiger charge is 2.38. The molecule has 0 aliphatic carbocycles. The number of thiophene rings is 1. The van der Waals surface area contributed by atoms with E-state index in [4.69, 9.17) is 5.73 Å². The van der Waals surface area contributed by atoms with Gasteiger partial charge in [0.2, 0.25) is 0 Å². The minimum Gasteiger partial charge on any atom is -0.384 e. The summed E-state index contributed by atoms with van der Waals surface area (Å²) in [5.41, 5.74) is 5.69.